The highest BCUT2D eigenvalue weighted by Crippen LogP contribution is 2.19. The van der Waals surface area contributed by atoms with Gasteiger partial charge in [0.15, 0.2) is 13.2 Å². The number of quaternary nitrogens is 2. The first kappa shape index (κ1) is 23.6. The Bertz CT molecular complexity index is 743. The fourth-order valence-electron chi connectivity index (χ4n) is 2.45. The van der Waals surface area contributed by atoms with Crippen molar-refractivity contribution in [2.75, 3.05) is 68.6 Å². The number of rotatable bonds is 11. The van der Waals surface area contributed by atoms with Crippen LogP contribution in [0.4, 0.5) is 0 Å². The van der Waals surface area contributed by atoms with Gasteiger partial charge in [-0.15, -0.1) is 0 Å². The average Bonchev–Trinajstić information content (AvgIpc) is 2.67. The highest BCUT2D eigenvalue weighted by molar-refractivity contribution is 5.82. The van der Waals surface area contributed by atoms with Crippen molar-refractivity contribution in [3.63, 3.8) is 0 Å². The van der Waals surface area contributed by atoms with Gasteiger partial charge in [-0.2, -0.15) is 0 Å². The monoisotopic (exact) mass is 412 g/mol. The van der Waals surface area contributed by atoms with E-state index in [-0.39, 0.29) is 0 Å². The topological polar surface area (TPSA) is 43.2 Å². The third kappa shape index (κ3) is 9.67. The Hall–Kier alpha value is -2.70. The molecule has 6 heteroatoms. The molecule has 0 aliphatic carbocycles. The van der Waals surface area contributed by atoms with Crippen LogP contribution in [0.5, 0.6) is 0 Å². The van der Waals surface area contributed by atoms with Gasteiger partial charge in [0.2, 0.25) is 0 Å². The molecule has 0 unspecified atom stereocenters. The SMILES string of the molecule is C[N+](C)(C)CCO/N=C/c1ccc(-c2ccc(/C=N/OCC[N+](C)(C)C)cc2)cc1. The van der Waals surface area contributed by atoms with Crippen LogP contribution in [-0.2, 0) is 9.68 Å². The lowest BCUT2D eigenvalue weighted by Crippen LogP contribution is -2.37. The molecule has 2 aromatic rings. The largest absolute Gasteiger partial charge is 0.390 e. The molecule has 2 rings (SSSR count). The van der Waals surface area contributed by atoms with Crippen molar-refractivity contribution < 1.29 is 18.6 Å². The van der Waals surface area contributed by atoms with Gasteiger partial charge < -0.3 is 18.6 Å². The summed E-state index contributed by atoms with van der Waals surface area (Å²) in [4.78, 5) is 10.7. The first-order valence-electron chi connectivity index (χ1n) is 10.2. The molecule has 0 aliphatic heterocycles. The van der Waals surface area contributed by atoms with Crippen LogP contribution in [0, 0.1) is 0 Å². The minimum atomic E-state index is 0.606. The Morgan fingerprint density at radius 2 is 0.933 bits per heavy atom. The van der Waals surface area contributed by atoms with Gasteiger partial charge in [0.25, 0.3) is 0 Å². The Morgan fingerprint density at radius 1 is 0.600 bits per heavy atom. The van der Waals surface area contributed by atoms with Gasteiger partial charge in [-0.05, 0) is 22.3 Å². The van der Waals surface area contributed by atoms with E-state index < -0.39 is 0 Å². The van der Waals surface area contributed by atoms with Crippen molar-refractivity contribution in [1.29, 1.82) is 0 Å². The number of hydrogen-bond acceptors (Lipinski definition) is 4. The zero-order chi connectivity index (χ0) is 22.0. The molecule has 0 saturated heterocycles. The molecule has 0 spiro atoms. The minimum Gasteiger partial charge on any atom is -0.390 e. The van der Waals surface area contributed by atoms with Gasteiger partial charge in [-0.3, -0.25) is 0 Å². The van der Waals surface area contributed by atoms with Crippen LogP contribution in [0.1, 0.15) is 11.1 Å². The summed E-state index contributed by atoms with van der Waals surface area (Å²) in [6.45, 7) is 3.04. The predicted molar refractivity (Wildman–Crippen MR) is 125 cm³/mol. The van der Waals surface area contributed by atoms with E-state index in [9.17, 15) is 0 Å². The summed E-state index contributed by atoms with van der Waals surface area (Å²) in [7, 11) is 12.8. The molecule has 30 heavy (non-hydrogen) atoms. The zero-order valence-corrected chi connectivity index (χ0v) is 19.2. The van der Waals surface area contributed by atoms with Crippen LogP contribution in [0.25, 0.3) is 11.1 Å². The molecule has 0 aromatic heterocycles. The second-order valence-corrected chi connectivity index (χ2v) is 9.41. The third-order valence-electron chi connectivity index (χ3n) is 4.41. The molecule has 0 aliphatic rings. The number of hydrogen-bond donors (Lipinski definition) is 0. The lowest BCUT2D eigenvalue weighted by molar-refractivity contribution is -0.870. The quantitative estimate of drug-likeness (QED) is 0.245. The first-order valence-corrected chi connectivity index (χ1v) is 10.2. The lowest BCUT2D eigenvalue weighted by atomic mass is 10.0. The molecular weight excluding hydrogens is 376 g/mol. The number of nitrogens with zero attached hydrogens (tertiary/aromatic N) is 4. The number of oxime groups is 2. The van der Waals surface area contributed by atoms with E-state index in [0.717, 1.165) is 44.3 Å². The Labute approximate surface area is 181 Å². The van der Waals surface area contributed by atoms with Gasteiger partial charge in [-0.25, -0.2) is 0 Å². The van der Waals surface area contributed by atoms with E-state index in [1.54, 1.807) is 12.4 Å². The van der Waals surface area contributed by atoms with Gasteiger partial charge >= 0.3 is 0 Å². The standard InChI is InChI=1S/C24H36N4O2/c1-27(2,3)15-17-29-25-19-21-7-11-23(12-8-21)24-13-9-22(10-14-24)20-26-30-18-16-28(4,5)6/h7-14,19-20H,15-18H2,1-6H3/q+2/b25-19+,26-20+. The second kappa shape index (κ2) is 10.9. The van der Waals surface area contributed by atoms with Crippen molar-refractivity contribution in [2.24, 2.45) is 10.3 Å². The fourth-order valence-corrected chi connectivity index (χ4v) is 2.45. The molecule has 2 aromatic carbocycles. The smallest absolute Gasteiger partial charge is 0.165 e. The summed E-state index contributed by atoms with van der Waals surface area (Å²) in [6.07, 6.45) is 3.50. The van der Waals surface area contributed by atoms with Crippen LogP contribution in [-0.4, -0.2) is 90.0 Å². The lowest BCUT2D eigenvalue weighted by Gasteiger charge is -2.22. The molecule has 162 valence electrons. The molecular formula is C24H36N4O2+2. The van der Waals surface area contributed by atoms with Crippen molar-refractivity contribution in [2.45, 2.75) is 0 Å². The molecule has 0 N–H and O–H groups in total. The third-order valence-corrected chi connectivity index (χ3v) is 4.41. The highest BCUT2D eigenvalue weighted by atomic mass is 16.6. The number of likely N-dealkylation sites (N-methyl/N-ethyl adjacent to an activating group) is 2. The summed E-state index contributed by atoms with van der Waals surface area (Å²) < 4.78 is 1.72. The van der Waals surface area contributed by atoms with Gasteiger partial charge in [-0.1, -0.05) is 58.8 Å². The van der Waals surface area contributed by atoms with E-state index in [0.29, 0.717) is 13.2 Å². The maximum absolute atomic E-state index is 5.34. The van der Waals surface area contributed by atoms with E-state index in [1.807, 2.05) is 24.3 Å². The molecule has 0 heterocycles. The Morgan fingerprint density at radius 3 is 1.23 bits per heavy atom. The Balaban J connectivity index is 1.83. The predicted octanol–water partition coefficient (Wildman–Crippen LogP) is 3.47. The summed E-state index contributed by atoms with van der Waals surface area (Å²) >= 11 is 0. The van der Waals surface area contributed by atoms with Gasteiger partial charge in [0, 0.05) is 0 Å². The molecule has 0 fully saturated rings. The van der Waals surface area contributed by atoms with Gasteiger partial charge in [0.05, 0.1) is 54.7 Å². The second-order valence-electron chi connectivity index (χ2n) is 9.41. The van der Waals surface area contributed by atoms with E-state index in [4.69, 9.17) is 9.68 Å². The average molecular weight is 413 g/mol. The van der Waals surface area contributed by atoms with Crippen molar-refractivity contribution >= 4 is 12.4 Å². The summed E-state index contributed by atoms with van der Waals surface area (Å²) in [5.41, 5.74) is 4.33. The molecule has 0 radical (unpaired) electrons. The van der Waals surface area contributed by atoms with E-state index >= 15 is 0 Å². The summed E-state index contributed by atoms with van der Waals surface area (Å²) in [5.74, 6) is 0. The molecule has 0 bridgehead atoms. The summed E-state index contributed by atoms with van der Waals surface area (Å²) in [5, 5.41) is 8.10. The van der Waals surface area contributed by atoms with E-state index in [2.05, 4.69) is 76.9 Å². The van der Waals surface area contributed by atoms with Crippen LogP contribution < -0.4 is 0 Å². The van der Waals surface area contributed by atoms with Crippen LogP contribution >= 0.6 is 0 Å². The maximum Gasteiger partial charge on any atom is 0.165 e. The molecule has 0 amide bonds. The van der Waals surface area contributed by atoms with Crippen molar-refractivity contribution in [3.05, 3.63) is 59.7 Å². The maximum atomic E-state index is 5.34. The highest BCUT2D eigenvalue weighted by Gasteiger charge is 2.06. The van der Waals surface area contributed by atoms with Crippen LogP contribution in [0.3, 0.4) is 0 Å². The minimum absolute atomic E-state index is 0.606. The molecule has 0 atom stereocenters. The Kier molecular flexibility index (Phi) is 8.57. The van der Waals surface area contributed by atoms with Crippen molar-refractivity contribution in [3.8, 4) is 11.1 Å². The van der Waals surface area contributed by atoms with Crippen molar-refractivity contribution in [1.82, 2.24) is 0 Å². The first-order chi connectivity index (χ1) is 14.1. The number of benzene rings is 2. The van der Waals surface area contributed by atoms with Crippen LogP contribution in [0.15, 0.2) is 58.8 Å². The van der Waals surface area contributed by atoms with Crippen LogP contribution in [0.2, 0.25) is 0 Å². The molecule has 0 saturated carbocycles. The fraction of sp³-hybridized carbons (Fsp3) is 0.417. The normalized spacial score (nSPS) is 12.6. The van der Waals surface area contributed by atoms with Gasteiger partial charge in [0.1, 0.15) is 13.1 Å². The zero-order valence-electron chi connectivity index (χ0n) is 19.2. The molecule has 6 nitrogen and oxygen atoms in total. The van der Waals surface area contributed by atoms with E-state index in [1.165, 1.54) is 0 Å². The summed E-state index contributed by atoms with van der Waals surface area (Å²) in [6, 6.07) is 16.5.